The van der Waals surface area contributed by atoms with E-state index >= 15 is 0 Å². The van der Waals surface area contributed by atoms with Crippen LogP contribution in [0.15, 0.2) is 43.8 Å². The lowest BCUT2D eigenvalue weighted by Crippen LogP contribution is -2.30. The van der Waals surface area contributed by atoms with E-state index in [0.29, 0.717) is 39.0 Å². The molecule has 4 amide bonds. The molecule has 0 aromatic carbocycles. The average Bonchev–Trinajstić information content (AvgIpc) is 2.72. The maximum atomic E-state index is 12.1. The van der Waals surface area contributed by atoms with Gasteiger partial charge in [-0.05, 0) is 31.1 Å². The van der Waals surface area contributed by atoms with Crippen LogP contribution in [0, 0.1) is 0 Å². The highest BCUT2D eigenvalue weighted by molar-refractivity contribution is 5.99. The first-order valence-corrected chi connectivity index (χ1v) is 8.80. The number of hydrogen-bond acceptors (Lipinski definition) is 5. The molecule has 0 saturated carbocycles. The molecule has 0 saturated heterocycles. The van der Waals surface area contributed by atoms with Gasteiger partial charge in [0.2, 0.25) is 11.8 Å². The van der Waals surface area contributed by atoms with Gasteiger partial charge in [-0.25, -0.2) is 0 Å². The van der Waals surface area contributed by atoms with Crippen molar-refractivity contribution < 1.29 is 19.2 Å². The van der Waals surface area contributed by atoms with Crippen LogP contribution in [-0.2, 0) is 9.59 Å². The number of nitrogens with one attached hydrogen (secondary N) is 4. The average molecular weight is 387 g/mol. The van der Waals surface area contributed by atoms with Gasteiger partial charge in [0.05, 0.1) is 11.1 Å². The van der Waals surface area contributed by atoms with Crippen molar-refractivity contribution in [3.05, 3.63) is 54.9 Å². The molecule has 0 radical (unpaired) electrons. The van der Waals surface area contributed by atoms with Crippen LogP contribution in [-0.4, -0.2) is 54.8 Å². The van der Waals surface area contributed by atoms with Crippen LogP contribution in [0.1, 0.15) is 33.6 Å². The van der Waals surface area contributed by atoms with Gasteiger partial charge in [-0.1, -0.05) is 13.2 Å². The highest BCUT2D eigenvalue weighted by Gasteiger charge is 2.11. The quantitative estimate of drug-likeness (QED) is 0.295. The minimum Gasteiger partial charge on any atom is -0.353 e. The van der Waals surface area contributed by atoms with Gasteiger partial charge in [0.15, 0.2) is 0 Å². The molecule has 28 heavy (non-hydrogen) atoms. The highest BCUT2D eigenvalue weighted by atomic mass is 16.2. The van der Waals surface area contributed by atoms with Crippen LogP contribution in [0.4, 0.5) is 0 Å². The standard InChI is InChI=1S/C19H25N5O4/c1-3-16(25)21-7-5-9-23-18(27)14-11-15(13-20-12-14)19(28)24-10-6-8-22-17(26)4-2/h3-4,11-13H,1-2,5-10H2,(H,21,25)(H,22,26)(H,23,27)(H,24,28). The topological polar surface area (TPSA) is 129 Å². The molecule has 0 atom stereocenters. The number of aromatic nitrogens is 1. The van der Waals surface area contributed by atoms with Crippen LogP contribution < -0.4 is 21.3 Å². The molecule has 1 aromatic heterocycles. The summed E-state index contributed by atoms with van der Waals surface area (Å²) in [6, 6.07) is 1.46. The number of hydrogen-bond donors (Lipinski definition) is 4. The second-order valence-corrected chi connectivity index (χ2v) is 5.67. The molecule has 1 rings (SSSR count). The van der Waals surface area contributed by atoms with Gasteiger partial charge in [-0.2, -0.15) is 0 Å². The predicted molar refractivity (Wildman–Crippen MR) is 105 cm³/mol. The summed E-state index contributed by atoms with van der Waals surface area (Å²) in [6.07, 6.45) is 6.21. The van der Waals surface area contributed by atoms with Crippen LogP contribution in [0.2, 0.25) is 0 Å². The van der Waals surface area contributed by atoms with Gasteiger partial charge < -0.3 is 21.3 Å². The van der Waals surface area contributed by atoms with Gasteiger partial charge in [0.25, 0.3) is 11.8 Å². The third kappa shape index (κ3) is 8.75. The Morgan fingerprint density at radius 1 is 0.750 bits per heavy atom. The zero-order chi connectivity index (χ0) is 20.8. The van der Waals surface area contributed by atoms with Crippen molar-refractivity contribution in [2.45, 2.75) is 12.8 Å². The van der Waals surface area contributed by atoms with Crippen molar-refractivity contribution in [1.82, 2.24) is 26.3 Å². The number of rotatable bonds is 12. The van der Waals surface area contributed by atoms with Crippen molar-refractivity contribution in [3.8, 4) is 0 Å². The summed E-state index contributed by atoms with van der Waals surface area (Å²) in [5.74, 6) is -1.25. The van der Waals surface area contributed by atoms with E-state index in [1.165, 1.54) is 30.6 Å². The molecule has 0 unspecified atom stereocenters. The van der Waals surface area contributed by atoms with E-state index in [2.05, 4.69) is 39.4 Å². The molecule has 0 fully saturated rings. The molecule has 1 heterocycles. The Morgan fingerprint density at radius 2 is 1.14 bits per heavy atom. The minimum atomic E-state index is -0.357. The number of nitrogens with zero attached hydrogens (tertiary/aromatic N) is 1. The van der Waals surface area contributed by atoms with Crippen LogP contribution in [0.5, 0.6) is 0 Å². The zero-order valence-electron chi connectivity index (χ0n) is 15.6. The van der Waals surface area contributed by atoms with Crippen molar-refractivity contribution in [2.75, 3.05) is 26.2 Å². The molecule has 0 spiro atoms. The van der Waals surface area contributed by atoms with E-state index < -0.39 is 0 Å². The smallest absolute Gasteiger partial charge is 0.252 e. The van der Waals surface area contributed by atoms with Crippen LogP contribution in [0.3, 0.4) is 0 Å². The minimum absolute atomic E-state index is 0.265. The van der Waals surface area contributed by atoms with Crippen molar-refractivity contribution in [2.24, 2.45) is 0 Å². The van der Waals surface area contributed by atoms with E-state index in [0.717, 1.165) is 0 Å². The SMILES string of the molecule is C=CC(=O)NCCCNC(=O)c1cncc(C(=O)NCCCNC(=O)C=C)c1. The van der Waals surface area contributed by atoms with E-state index in [4.69, 9.17) is 0 Å². The van der Waals surface area contributed by atoms with Crippen molar-refractivity contribution >= 4 is 23.6 Å². The Kier molecular flexibility index (Phi) is 10.3. The number of carbonyl (C=O) groups is 4. The lowest BCUT2D eigenvalue weighted by Gasteiger charge is -2.08. The van der Waals surface area contributed by atoms with E-state index in [1.807, 2.05) is 0 Å². The summed E-state index contributed by atoms with van der Waals surface area (Å²) >= 11 is 0. The summed E-state index contributed by atoms with van der Waals surface area (Å²) in [5.41, 5.74) is 0.530. The van der Waals surface area contributed by atoms with E-state index in [-0.39, 0.29) is 34.8 Å². The van der Waals surface area contributed by atoms with Gasteiger partial charge in [-0.15, -0.1) is 0 Å². The summed E-state index contributed by atoms with van der Waals surface area (Å²) in [4.78, 5) is 50.2. The normalized spacial score (nSPS) is 9.71. The maximum absolute atomic E-state index is 12.1. The highest BCUT2D eigenvalue weighted by Crippen LogP contribution is 2.03. The molecular weight excluding hydrogens is 362 g/mol. The molecule has 0 aliphatic rings. The molecule has 1 aromatic rings. The summed E-state index contributed by atoms with van der Waals surface area (Å²) in [6.45, 7) is 8.25. The summed E-state index contributed by atoms with van der Waals surface area (Å²) in [7, 11) is 0. The van der Waals surface area contributed by atoms with Crippen molar-refractivity contribution in [1.29, 1.82) is 0 Å². The first-order chi connectivity index (χ1) is 13.5. The second kappa shape index (κ2) is 12.8. The number of carbonyl (C=O) groups excluding carboxylic acids is 4. The monoisotopic (exact) mass is 387 g/mol. The van der Waals surface area contributed by atoms with E-state index in [9.17, 15) is 19.2 Å². The Hall–Kier alpha value is -3.49. The summed E-state index contributed by atoms with van der Waals surface area (Å²) < 4.78 is 0. The van der Waals surface area contributed by atoms with Gasteiger partial charge in [0, 0.05) is 38.6 Å². The molecule has 0 bridgehead atoms. The molecule has 4 N–H and O–H groups in total. The summed E-state index contributed by atoms with van der Waals surface area (Å²) in [5, 5.41) is 10.6. The third-order valence-electron chi connectivity index (χ3n) is 3.51. The molecule has 0 aliphatic heterocycles. The Morgan fingerprint density at radius 3 is 1.54 bits per heavy atom. The fourth-order valence-electron chi connectivity index (χ4n) is 2.04. The molecule has 9 nitrogen and oxygen atoms in total. The lowest BCUT2D eigenvalue weighted by atomic mass is 10.2. The Labute approximate surface area is 163 Å². The molecule has 0 aliphatic carbocycles. The largest absolute Gasteiger partial charge is 0.353 e. The molecule has 150 valence electrons. The maximum Gasteiger partial charge on any atom is 0.252 e. The van der Waals surface area contributed by atoms with Crippen LogP contribution >= 0.6 is 0 Å². The zero-order valence-corrected chi connectivity index (χ0v) is 15.6. The predicted octanol–water partition coefficient (Wildman–Crippen LogP) is -0.0742. The first kappa shape index (κ1) is 22.6. The number of amides is 4. The number of pyridine rings is 1. The fraction of sp³-hybridized carbons (Fsp3) is 0.316. The van der Waals surface area contributed by atoms with Crippen molar-refractivity contribution in [3.63, 3.8) is 0 Å². The third-order valence-corrected chi connectivity index (χ3v) is 3.51. The van der Waals surface area contributed by atoms with Gasteiger partial charge in [-0.3, -0.25) is 24.2 Å². The van der Waals surface area contributed by atoms with Gasteiger partial charge in [0.1, 0.15) is 0 Å². The Bertz CT molecular complexity index is 676. The molecular formula is C19H25N5O4. The van der Waals surface area contributed by atoms with Crippen LogP contribution in [0.25, 0.3) is 0 Å². The fourth-order valence-corrected chi connectivity index (χ4v) is 2.04. The first-order valence-electron chi connectivity index (χ1n) is 8.80. The second-order valence-electron chi connectivity index (χ2n) is 5.67. The van der Waals surface area contributed by atoms with E-state index in [1.54, 1.807) is 0 Å². The Balaban J connectivity index is 2.38. The van der Waals surface area contributed by atoms with Gasteiger partial charge >= 0.3 is 0 Å². The molecule has 9 heteroatoms. The lowest BCUT2D eigenvalue weighted by molar-refractivity contribution is -0.117.